The Morgan fingerprint density at radius 2 is 1.59 bits per heavy atom. The SMILES string of the molecule is C=S(=C)(C)NCc1cc(F)cc(-c2nccc3[nH]c(-c4[nH]nc5ncc(-c6cncc(CNCc7ccccc7)c6)cc45)cc23)c1. The van der Waals surface area contributed by atoms with Gasteiger partial charge in [0.05, 0.1) is 17.1 Å². The second-order valence-electron chi connectivity index (χ2n) is 11.6. The van der Waals surface area contributed by atoms with Crippen LogP contribution in [0.4, 0.5) is 4.39 Å². The van der Waals surface area contributed by atoms with Crippen LogP contribution < -0.4 is 10.0 Å². The molecule has 0 saturated heterocycles. The van der Waals surface area contributed by atoms with Crippen molar-refractivity contribution in [2.24, 2.45) is 0 Å². The third kappa shape index (κ3) is 6.45. The summed E-state index contributed by atoms with van der Waals surface area (Å²) in [4.78, 5) is 17.3. The normalized spacial score (nSPS) is 11.9. The standard InChI is InChI=1S/C36H33FN8S/c1-46(2,3)42-20-24-11-26(14-29(37)13-24)34-30-16-33(43-32(30)9-10-40-34)35-31-15-28(22-41-36(31)45-44-35)27-12-25(19-39-21-27)18-38-17-23-7-5-4-6-8-23/h4-16,19,21-22,38,42-43H,1-2,17-18,20H2,3H3,(H,41,44,45). The minimum absolute atomic E-state index is 0.322. The third-order valence-corrected chi connectivity index (χ3v) is 8.55. The van der Waals surface area contributed by atoms with Gasteiger partial charge in [-0.05, 0) is 65.4 Å². The van der Waals surface area contributed by atoms with Crippen molar-refractivity contribution in [1.29, 1.82) is 0 Å². The Morgan fingerprint density at radius 1 is 0.783 bits per heavy atom. The maximum Gasteiger partial charge on any atom is 0.181 e. The van der Waals surface area contributed by atoms with Crippen LogP contribution in [0.15, 0.2) is 97.6 Å². The van der Waals surface area contributed by atoms with E-state index in [1.807, 2.05) is 61.2 Å². The molecule has 5 aromatic heterocycles. The number of nitrogens with one attached hydrogen (secondary N) is 4. The van der Waals surface area contributed by atoms with E-state index in [2.05, 4.69) is 76.2 Å². The molecule has 0 aliphatic carbocycles. The molecule has 7 aromatic rings. The molecule has 0 saturated carbocycles. The fourth-order valence-electron chi connectivity index (χ4n) is 5.52. The van der Waals surface area contributed by atoms with E-state index in [4.69, 9.17) is 0 Å². The number of hydrogen-bond acceptors (Lipinski definition) is 6. The predicted molar refractivity (Wildman–Crippen MR) is 189 cm³/mol. The van der Waals surface area contributed by atoms with Crippen molar-refractivity contribution >= 4 is 43.1 Å². The molecular formula is C36H33FN8S. The minimum atomic E-state index is -1.44. The van der Waals surface area contributed by atoms with Crippen molar-refractivity contribution in [3.05, 3.63) is 120 Å². The number of halogens is 1. The molecule has 7 rings (SSSR count). The summed E-state index contributed by atoms with van der Waals surface area (Å²) in [5.41, 5.74) is 9.54. The van der Waals surface area contributed by atoms with Gasteiger partial charge in [-0.1, -0.05) is 42.1 Å². The third-order valence-electron chi connectivity index (χ3n) is 7.71. The van der Waals surface area contributed by atoms with Crippen LogP contribution >= 0.6 is 9.39 Å². The first-order valence-electron chi connectivity index (χ1n) is 14.8. The smallest absolute Gasteiger partial charge is 0.181 e. The van der Waals surface area contributed by atoms with Gasteiger partial charge in [0, 0.05) is 77.4 Å². The highest BCUT2D eigenvalue weighted by molar-refractivity contribution is 8.25. The van der Waals surface area contributed by atoms with Crippen molar-refractivity contribution in [3.63, 3.8) is 0 Å². The zero-order valence-corrected chi connectivity index (χ0v) is 26.2. The summed E-state index contributed by atoms with van der Waals surface area (Å²) >= 11 is 0. The fraction of sp³-hybridized carbons (Fsp3) is 0.111. The second-order valence-corrected chi connectivity index (χ2v) is 14.4. The molecule has 4 N–H and O–H groups in total. The Hall–Kier alpha value is -5.16. The first-order valence-corrected chi connectivity index (χ1v) is 17.2. The molecule has 0 atom stereocenters. The maximum atomic E-state index is 14.8. The zero-order chi connectivity index (χ0) is 31.7. The molecule has 0 amide bonds. The number of rotatable bonds is 10. The van der Waals surface area contributed by atoms with Crippen LogP contribution in [0.25, 0.3) is 55.7 Å². The molecule has 0 aliphatic heterocycles. The van der Waals surface area contributed by atoms with Crippen LogP contribution in [0.2, 0.25) is 0 Å². The van der Waals surface area contributed by atoms with Gasteiger partial charge in [0.15, 0.2) is 5.65 Å². The van der Waals surface area contributed by atoms with Crippen molar-refractivity contribution in [2.75, 3.05) is 6.26 Å². The first-order chi connectivity index (χ1) is 22.3. The van der Waals surface area contributed by atoms with E-state index in [1.165, 1.54) is 17.7 Å². The quantitative estimate of drug-likeness (QED) is 0.122. The van der Waals surface area contributed by atoms with E-state index >= 15 is 0 Å². The molecule has 46 heavy (non-hydrogen) atoms. The van der Waals surface area contributed by atoms with Gasteiger partial charge in [-0.3, -0.25) is 19.8 Å². The predicted octanol–water partition coefficient (Wildman–Crippen LogP) is 6.96. The largest absolute Gasteiger partial charge is 0.353 e. The van der Waals surface area contributed by atoms with Crippen LogP contribution in [0.5, 0.6) is 0 Å². The monoisotopic (exact) mass is 628 g/mol. The summed E-state index contributed by atoms with van der Waals surface area (Å²) in [6, 6.07) is 23.5. The topological polar surface area (TPSA) is 107 Å². The van der Waals surface area contributed by atoms with Gasteiger partial charge in [-0.15, -0.1) is 0 Å². The van der Waals surface area contributed by atoms with E-state index in [0.717, 1.165) is 56.5 Å². The lowest BCUT2D eigenvalue weighted by Crippen LogP contribution is -2.12. The average molecular weight is 629 g/mol. The number of H-pyrrole nitrogens is 2. The summed E-state index contributed by atoms with van der Waals surface area (Å²) < 4.78 is 18.1. The van der Waals surface area contributed by atoms with Gasteiger partial charge in [-0.25, -0.2) is 9.37 Å². The van der Waals surface area contributed by atoms with Crippen molar-refractivity contribution in [2.45, 2.75) is 19.6 Å². The summed E-state index contributed by atoms with van der Waals surface area (Å²) in [5, 5.41) is 12.9. The molecule has 230 valence electrons. The summed E-state index contributed by atoms with van der Waals surface area (Å²) in [7, 11) is -1.44. The molecule has 2 aromatic carbocycles. The second kappa shape index (κ2) is 12.3. The summed E-state index contributed by atoms with van der Waals surface area (Å²) in [6.07, 6.45) is 9.23. The maximum absolute atomic E-state index is 14.8. The van der Waals surface area contributed by atoms with Crippen LogP contribution in [-0.2, 0) is 19.6 Å². The van der Waals surface area contributed by atoms with Crippen LogP contribution in [-0.4, -0.2) is 48.1 Å². The Balaban J connectivity index is 1.19. The number of nitrogens with zero attached hydrogens (tertiary/aromatic N) is 4. The number of hydrogen-bond donors (Lipinski definition) is 4. The van der Waals surface area contributed by atoms with Gasteiger partial charge in [0.2, 0.25) is 0 Å². The van der Waals surface area contributed by atoms with Gasteiger partial charge in [0.25, 0.3) is 0 Å². The van der Waals surface area contributed by atoms with E-state index < -0.39 is 9.39 Å². The lowest BCUT2D eigenvalue weighted by atomic mass is 10.0. The molecule has 0 unspecified atom stereocenters. The molecule has 0 fully saturated rings. The number of aromatic amines is 2. The van der Waals surface area contributed by atoms with Gasteiger partial charge < -0.3 is 10.3 Å². The van der Waals surface area contributed by atoms with Crippen molar-refractivity contribution < 1.29 is 4.39 Å². The average Bonchev–Trinajstić information content (AvgIpc) is 3.68. The van der Waals surface area contributed by atoms with E-state index in [1.54, 1.807) is 6.20 Å². The highest BCUT2D eigenvalue weighted by atomic mass is 32.2. The Bertz CT molecular complexity index is 2290. The van der Waals surface area contributed by atoms with Gasteiger partial charge >= 0.3 is 0 Å². The van der Waals surface area contributed by atoms with E-state index in [0.29, 0.717) is 30.0 Å². The molecule has 5 heterocycles. The van der Waals surface area contributed by atoms with Crippen molar-refractivity contribution in [3.8, 4) is 33.8 Å². The number of benzene rings is 2. The zero-order valence-electron chi connectivity index (χ0n) is 25.3. The van der Waals surface area contributed by atoms with Gasteiger partial charge in [0.1, 0.15) is 5.82 Å². The summed E-state index contributed by atoms with van der Waals surface area (Å²) in [6.45, 7) is 1.95. The molecule has 0 radical (unpaired) electrons. The van der Waals surface area contributed by atoms with Crippen LogP contribution in [0, 0.1) is 5.82 Å². The molecule has 8 nitrogen and oxygen atoms in total. The molecule has 0 bridgehead atoms. The molecule has 0 aliphatic rings. The van der Waals surface area contributed by atoms with Crippen LogP contribution in [0.3, 0.4) is 0 Å². The van der Waals surface area contributed by atoms with Gasteiger partial charge in [-0.2, -0.15) is 14.5 Å². The fourth-order valence-corrected chi connectivity index (χ4v) is 6.03. The minimum Gasteiger partial charge on any atom is -0.353 e. The number of fused-ring (bicyclic) bond motifs is 2. The Morgan fingerprint density at radius 3 is 2.43 bits per heavy atom. The lowest BCUT2D eigenvalue weighted by molar-refractivity contribution is 0.625. The highest BCUT2D eigenvalue weighted by Gasteiger charge is 2.16. The molecule has 0 spiro atoms. The Kier molecular flexibility index (Phi) is 7.91. The Labute approximate surface area is 266 Å². The van der Waals surface area contributed by atoms with Crippen LogP contribution in [0.1, 0.15) is 16.7 Å². The number of pyridine rings is 3. The van der Waals surface area contributed by atoms with Crippen molar-refractivity contribution in [1.82, 2.24) is 40.2 Å². The molecular weight excluding hydrogens is 596 g/mol. The first kappa shape index (κ1) is 29.5. The lowest BCUT2D eigenvalue weighted by Gasteiger charge is -2.12. The highest BCUT2D eigenvalue weighted by Crippen LogP contribution is 2.34. The van der Waals surface area contributed by atoms with E-state index in [-0.39, 0.29) is 5.82 Å². The number of aromatic nitrogens is 6. The molecule has 10 heteroatoms. The van der Waals surface area contributed by atoms with E-state index in [9.17, 15) is 4.39 Å². The summed E-state index contributed by atoms with van der Waals surface area (Å²) in [5.74, 6) is 7.79.